The van der Waals surface area contributed by atoms with Gasteiger partial charge in [0.25, 0.3) is 0 Å². The quantitative estimate of drug-likeness (QED) is 0.792. The molecule has 2 aliphatic rings. The van der Waals surface area contributed by atoms with Gasteiger partial charge in [0.2, 0.25) is 0 Å². The Balaban J connectivity index is 0.000000149. The monoisotopic (exact) mass is 276 g/mol. The molecular weight excluding hydrogens is 252 g/mol. The van der Waals surface area contributed by atoms with Crippen molar-refractivity contribution < 1.29 is 9.90 Å². The minimum atomic E-state index is -0.754. The second-order valence-electron chi connectivity index (χ2n) is 5.48. The smallest absolute Gasteiger partial charge is 0.317 e. The molecule has 0 unspecified atom stereocenters. The fourth-order valence-corrected chi connectivity index (χ4v) is 2.77. The highest BCUT2D eigenvalue weighted by atomic mass is 16.4. The molecular formula is C16H24N2O2. The molecule has 0 spiro atoms. The highest BCUT2D eigenvalue weighted by molar-refractivity contribution is 5.69. The summed E-state index contributed by atoms with van der Waals surface area (Å²) >= 11 is 0. The highest BCUT2D eigenvalue weighted by Gasteiger charge is 2.12. The topological polar surface area (TPSA) is 61.4 Å². The fraction of sp³-hybridized carbons (Fsp3) is 0.562. The van der Waals surface area contributed by atoms with Crippen molar-refractivity contribution in [2.24, 2.45) is 0 Å². The maximum absolute atomic E-state index is 10.2. The Morgan fingerprint density at radius 3 is 2.30 bits per heavy atom. The van der Waals surface area contributed by atoms with E-state index in [-0.39, 0.29) is 6.54 Å². The Morgan fingerprint density at radius 2 is 1.75 bits per heavy atom. The Bertz CT molecular complexity index is 405. The lowest BCUT2D eigenvalue weighted by molar-refractivity contribution is -0.136. The zero-order chi connectivity index (χ0) is 14.2. The molecule has 1 heterocycles. The summed E-state index contributed by atoms with van der Waals surface area (Å²) in [7, 11) is 0. The number of hydrogen-bond acceptors (Lipinski definition) is 3. The van der Waals surface area contributed by atoms with Crippen molar-refractivity contribution in [3.63, 3.8) is 0 Å². The second-order valence-corrected chi connectivity index (χ2v) is 5.48. The van der Waals surface area contributed by atoms with E-state index in [1.807, 2.05) is 0 Å². The van der Waals surface area contributed by atoms with E-state index in [0.717, 1.165) is 25.9 Å². The van der Waals surface area contributed by atoms with Crippen molar-refractivity contribution in [2.75, 3.05) is 6.54 Å². The lowest BCUT2D eigenvalue weighted by atomic mass is 9.96. The molecule has 1 aliphatic heterocycles. The molecule has 0 bridgehead atoms. The van der Waals surface area contributed by atoms with Crippen LogP contribution in [0.25, 0.3) is 0 Å². The van der Waals surface area contributed by atoms with Gasteiger partial charge in [0.05, 0.1) is 6.54 Å². The van der Waals surface area contributed by atoms with Crippen LogP contribution in [0, 0.1) is 0 Å². The van der Waals surface area contributed by atoms with Crippen LogP contribution in [0.4, 0.5) is 0 Å². The normalized spacial score (nSPS) is 18.0. The van der Waals surface area contributed by atoms with Crippen LogP contribution < -0.4 is 10.6 Å². The first-order valence-corrected chi connectivity index (χ1v) is 7.48. The van der Waals surface area contributed by atoms with E-state index in [4.69, 9.17) is 5.11 Å². The average molecular weight is 276 g/mol. The Kier molecular flexibility index (Phi) is 6.02. The van der Waals surface area contributed by atoms with E-state index >= 15 is 0 Å². The first-order valence-electron chi connectivity index (χ1n) is 7.48. The van der Waals surface area contributed by atoms with Gasteiger partial charge in [-0.2, -0.15) is 0 Å². The van der Waals surface area contributed by atoms with Crippen molar-refractivity contribution in [3.8, 4) is 0 Å². The van der Waals surface area contributed by atoms with Gasteiger partial charge in [0, 0.05) is 19.1 Å². The molecule has 4 heteroatoms. The molecule has 1 aromatic carbocycles. The van der Waals surface area contributed by atoms with E-state index < -0.39 is 5.97 Å². The number of hydrogen-bond donors (Lipinski definition) is 3. The van der Waals surface area contributed by atoms with E-state index in [1.54, 1.807) is 0 Å². The van der Waals surface area contributed by atoms with Crippen molar-refractivity contribution >= 4 is 5.97 Å². The fourth-order valence-electron chi connectivity index (χ4n) is 2.77. The molecule has 4 nitrogen and oxygen atoms in total. The van der Waals surface area contributed by atoms with Crippen LogP contribution in [0.3, 0.4) is 0 Å². The zero-order valence-electron chi connectivity index (χ0n) is 11.9. The van der Waals surface area contributed by atoms with Crippen molar-refractivity contribution in [1.82, 2.24) is 10.6 Å². The summed E-state index contributed by atoms with van der Waals surface area (Å²) in [4.78, 5) is 10.2. The lowest BCUT2D eigenvalue weighted by Gasteiger charge is -2.21. The van der Waals surface area contributed by atoms with Gasteiger partial charge in [-0.3, -0.25) is 4.79 Å². The van der Waals surface area contributed by atoms with Gasteiger partial charge < -0.3 is 15.7 Å². The molecule has 0 saturated heterocycles. The maximum atomic E-state index is 10.2. The number of benzene rings is 1. The van der Waals surface area contributed by atoms with Crippen LogP contribution >= 0.6 is 0 Å². The molecule has 110 valence electrons. The third kappa shape index (κ3) is 4.94. The number of carbonyl (C=O) groups is 1. The number of rotatable bonds is 3. The molecule has 1 aliphatic carbocycles. The van der Waals surface area contributed by atoms with Gasteiger partial charge in [0.15, 0.2) is 0 Å². The van der Waals surface area contributed by atoms with E-state index in [0.29, 0.717) is 6.04 Å². The number of aliphatic carboxylic acids is 1. The molecule has 0 amide bonds. The molecule has 0 radical (unpaired) electrons. The highest BCUT2D eigenvalue weighted by Crippen LogP contribution is 2.16. The summed E-state index contributed by atoms with van der Waals surface area (Å²) in [6, 6.07) is 8.99. The van der Waals surface area contributed by atoms with Gasteiger partial charge in [-0.15, -0.1) is 0 Å². The minimum Gasteiger partial charge on any atom is -0.480 e. The van der Waals surface area contributed by atoms with Gasteiger partial charge in [-0.1, -0.05) is 43.5 Å². The van der Waals surface area contributed by atoms with Crippen molar-refractivity contribution in [3.05, 3.63) is 35.4 Å². The predicted molar refractivity (Wildman–Crippen MR) is 79.5 cm³/mol. The van der Waals surface area contributed by atoms with Crippen molar-refractivity contribution in [1.29, 1.82) is 0 Å². The SMILES string of the molecule is O=C(O)CNC1CCCCC1.c1ccc2c(c1)CNC2. The first-order chi connectivity index (χ1) is 9.75. The molecule has 0 atom stereocenters. The summed E-state index contributed by atoms with van der Waals surface area (Å²) < 4.78 is 0. The van der Waals surface area contributed by atoms with Crippen LogP contribution in [0.15, 0.2) is 24.3 Å². The third-order valence-corrected chi connectivity index (χ3v) is 3.90. The maximum Gasteiger partial charge on any atom is 0.317 e. The third-order valence-electron chi connectivity index (χ3n) is 3.90. The van der Waals surface area contributed by atoms with Crippen LogP contribution in [0.5, 0.6) is 0 Å². The molecule has 3 N–H and O–H groups in total. The number of carboxylic acids is 1. The Morgan fingerprint density at radius 1 is 1.15 bits per heavy atom. The Labute approximate surface area is 120 Å². The summed E-state index contributed by atoms with van der Waals surface area (Å²) in [5.74, 6) is -0.754. The lowest BCUT2D eigenvalue weighted by Crippen LogP contribution is -2.34. The van der Waals surface area contributed by atoms with Gasteiger partial charge in [-0.25, -0.2) is 0 Å². The standard InChI is InChI=1S/C8H15NO2.C8H9N/c10-8(11)6-9-7-4-2-1-3-5-7;1-2-4-8-6-9-5-7(8)3-1/h7,9H,1-6H2,(H,10,11);1-4,9H,5-6H2. The predicted octanol–water partition coefficient (Wildman–Crippen LogP) is 2.28. The van der Waals surface area contributed by atoms with Crippen LogP contribution in [0.1, 0.15) is 43.2 Å². The average Bonchev–Trinajstić information content (AvgIpc) is 2.95. The minimum absolute atomic E-state index is 0.116. The molecule has 20 heavy (non-hydrogen) atoms. The van der Waals surface area contributed by atoms with Gasteiger partial charge in [-0.05, 0) is 24.0 Å². The summed E-state index contributed by atoms with van der Waals surface area (Å²) in [5.41, 5.74) is 2.91. The molecule has 1 aromatic rings. The van der Waals surface area contributed by atoms with Gasteiger partial charge in [0.1, 0.15) is 0 Å². The van der Waals surface area contributed by atoms with Crippen LogP contribution in [0.2, 0.25) is 0 Å². The number of carboxylic acid groups (broad SMARTS) is 1. The zero-order valence-corrected chi connectivity index (χ0v) is 11.9. The summed E-state index contributed by atoms with van der Waals surface area (Å²) in [5, 5.41) is 14.7. The van der Waals surface area contributed by atoms with E-state index in [9.17, 15) is 4.79 Å². The second kappa shape index (κ2) is 8.02. The van der Waals surface area contributed by atoms with Gasteiger partial charge >= 0.3 is 5.97 Å². The van der Waals surface area contributed by atoms with Crippen LogP contribution in [-0.2, 0) is 17.9 Å². The molecule has 1 fully saturated rings. The number of fused-ring (bicyclic) bond motifs is 1. The van der Waals surface area contributed by atoms with E-state index in [2.05, 4.69) is 34.9 Å². The summed E-state index contributed by atoms with van der Waals surface area (Å²) in [6.07, 6.45) is 6.10. The molecule has 0 aromatic heterocycles. The van der Waals surface area contributed by atoms with Crippen LogP contribution in [-0.4, -0.2) is 23.7 Å². The van der Waals surface area contributed by atoms with E-state index in [1.165, 1.54) is 30.4 Å². The molecule has 1 saturated carbocycles. The largest absolute Gasteiger partial charge is 0.480 e. The Hall–Kier alpha value is -1.39. The number of nitrogens with one attached hydrogen (secondary N) is 2. The summed E-state index contributed by atoms with van der Waals surface area (Å²) in [6.45, 7) is 2.22. The first kappa shape index (κ1) is 15.0. The molecule has 3 rings (SSSR count). The van der Waals surface area contributed by atoms with Crippen molar-refractivity contribution in [2.45, 2.75) is 51.2 Å².